The lowest BCUT2D eigenvalue weighted by Gasteiger charge is -2.07. The van der Waals surface area contributed by atoms with Crippen molar-refractivity contribution in [2.75, 3.05) is 12.4 Å². The highest BCUT2D eigenvalue weighted by molar-refractivity contribution is 6.35. The molecule has 0 aliphatic carbocycles. The van der Waals surface area contributed by atoms with Crippen molar-refractivity contribution < 1.29 is 5.11 Å². The maximum absolute atomic E-state index is 9.20. The van der Waals surface area contributed by atoms with Crippen LogP contribution in [0.1, 0.15) is 5.56 Å². The Balaban J connectivity index is 3.35. The topological polar surface area (TPSA) is 56.1 Å². The van der Waals surface area contributed by atoms with Crippen LogP contribution in [0.2, 0.25) is 5.02 Å². The molecule has 0 fully saturated rings. The number of hydrogen-bond acceptors (Lipinski definition) is 3. The number of phenolic OH excluding ortho intramolecular Hbond substituents is 1. The van der Waals surface area contributed by atoms with Gasteiger partial charge in [-0.25, -0.2) is 0 Å². The summed E-state index contributed by atoms with van der Waals surface area (Å²) in [6.07, 6.45) is 1.18. The van der Waals surface area contributed by atoms with Crippen LogP contribution in [0.15, 0.2) is 12.1 Å². The molecular formula is C8H9ClN2O. The number of nitrogens with one attached hydrogen (secondary N) is 2. The van der Waals surface area contributed by atoms with E-state index in [1.54, 1.807) is 13.1 Å². The van der Waals surface area contributed by atoms with Crippen LogP contribution in [0.4, 0.5) is 5.69 Å². The van der Waals surface area contributed by atoms with Crippen molar-refractivity contribution in [3.05, 3.63) is 22.7 Å². The van der Waals surface area contributed by atoms with E-state index in [0.717, 1.165) is 0 Å². The first-order valence-electron chi connectivity index (χ1n) is 3.40. The number of anilines is 1. The normalized spacial score (nSPS) is 9.50. The minimum Gasteiger partial charge on any atom is -0.506 e. The summed E-state index contributed by atoms with van der Waals surface area (Å²) in [5.41, 5.74) is 1.23. The number of halogens is 1. The van der Waals surface area contributed by atoms with Crippen molar-refractivity contribution in [2.24, 2.45) is 0 Å². The number of hydrogen-bond donors (Lipinski definition) is 3. The summed E-state index contributed by atoms with van der Waals surface area (Å²) < 4.78 is 0. The lowest BCUT2D eigenvalue weighted by molar-refractivity contribution is 0.476. The summed E-state index contributed by atoms with van der Waals surface area (Å²) in [6.45, 7) is 0. The van der Waals surface area contributed by atoms with Gasteiger partial charge in [-0.2, -0.15) is 0 Å². The van der Waals surface area contributed by atoms with Crippen LogP contribution in [0, 0.1) is 5.41 Å². The largest absolute Gasteiger partial charge is 0.506 e. The van der Waals surface area contributed by atoms with Gasteiger partial charge in [0.25, 0.3) is 0 Å². The Kier molecular flexibility index (Phi) is 2.55. The molecule has 3 nitrogen and oxygen atoms in total. The molecule has 0 aliphatic rings. The maximum Gasteiger partial charge on any atom is 0.136 e. The van der Waals surface area contributed by atoms with Gasteiger partial charge >= 0.3 is 0 Å². The fraction of sp³-hybridized carbons (Fsp3) is 0.125. The van der Waals surface area contributed by atoms with Crippen LogP contribution >= 0.6 is 11.6 Å². The van der Waals surface area contributed by atoms with Crippen molar-refractivity contribution >= 4 is 23.5 Å². The molecule has 0 bridgehead atoms. The lowest BCUT2D eigenvalue weighted by atomic mass is 10.2. The third-order valence-electron chi connectivity index (χ3n) is 1.56. The first-order valence-corrected chi connectivity index (χ1v) is 3.78. The molecule has 0 saturated carbocycles. The Morgan fingerprint density at radius 2 is 2.25 bits per heavy atom. The van der Waals surface area contributed by atoms with Crippen molar-refractivity contribution in [1.82, 2.24) is 0 Å². The Morgan fingerprint density at radius 3 is 2.75 bits per heavy atom. The third-order valence-corrected chi connectivity index (χ3v) is 1.94. The molecule has 0 atom stereocenters. The summed E-state index contributed by atoms with van der Waals surface area (Å²) in [7, 11) is 1.69. The van der Waals surface area contributed by atoms with Gasteiger partial charge in [-0.3, -0.25) is 0 Å². The molecule has 0 aromatic heterocycles. The molecule has 0 radical (unpaired) electrons. The van der Waals surface area contributed by atoms with Crippen molar-refractivity contribution in [3.8, 4) is 5.75 Å². The van der Waals surface area contributed by atoms with E-state index in [1.807, 2.05) is 0 Å². The maximum atomic E-state index is 9.20. The Morgan fingerprint density at radius 1 is 1.58 bits per heavy atom. The van der Waals surface area contributed by atoms with E-state index >= 15 is 0 Å². The van der Waals surface area contributed by atoms with E-state index in [0.29, 0.717) is 11.3 Å². The zero-order chi connectivity index (χ0) is 9.14. The molecule has 3 N–H and O–H groups in total. The first-order chi connectivity index (χ1) is 5.70. The molecule has 1 aromatic carbocycles. The fourth-order valence-corrected chi connectivity index (χ4v) is 1.22. The average Bonchev–Trinajstić information content (AvgIpc) is 2.09. The molecule has 0 heterocycles. The van der Waals surface area contributed by atoms with Gasteiger partial charge in [0.05, 0.1) is 5.69 Å². The highest BCUT2D eigenvalue weighted by Gasteiger charge is 2.07. The van der Waals surface area contributed by atoms with Crippen molar-refractivity contribution in [1.29, 1.82) is 5.41 Å². The van der Waals surface area contributed by atoms with Gasteiger partial charge in [-0.15, -0.1) is 0 Å². The van der Waals surface area contributed by atoms with Crippen LogP contribution in [-0.4, -0.2) is 18.4 Å². The van der Waals surface area contributed by atoms with E-state index in [2.05, 4.69) is 5.32 Å². The lowest BCUT2D eigenvalue weighted by Crippen LogP contribution is -1.95. The van der Waals surface area contributed by atoms with Crippen LogP contribution < -0.4 is 5.32 Å². The predicted octanol–water partition coefficient (Wildman–Crippen LogP) is 2.08. The monoisotopic (exact) mass is 184 g/mol. The van der Waals surface area contributed by atoms with Gasteiger partial charge < -0.3 is 15.8 Å². The summed E-state index contributed by atoms with van der Waals surface area (Å²) in [5.74, 6) is 0.0200. The fourth-order valence-electron chi connectivity index (χ4n) is 0.954. The molecule has 12 heavy (non-hydrogen) atoms. The van der Waals surface area contributed by atoms with Crippen LogP contribution in [-0.2, 0) is 0 Å². The van der Waals surface area contributed by atoms with Gasteiger partial charge in [0, 0.05) is 18.8 Å². The molecule has 1 aromatic rings. The van der Waals surface area contributed by atoms with Gasteiger partial charge in [-0.05, 0) is 12.1 Å². The number of benzene rings is 1. The predicted molar refractivity (Wildman–Crippen MR) is 50.5 cm³/mol. The van der Waals surface area contributed by atoms with E-state index in [4.69, 9.17) is 17.0 Å². The van der Waals surface area contributed by atoms with Crippen LogP contribution in [0.3, 0.4) is 0 Å². The number of phenols is 1. The highest BCUT2D eigenvalue weighted by atomic mass is 35.5. The Labute approximate surface area is 75.5 Å². The summed E-state index contributed by atoms with van der Waals surface area (Å²) >= 11 is 5.76. The Bertz CT molecular complexity index is 312. The molecule has 0 unspecified atom stereocenters. The second-order valence-electron chi connectivity index (χ2n) is 2.26. The zero-order valence-electron chi connectivity index (χ0n) is 6.56. The third kappa shape index (κ3) is 1.36. The summed E-state index contributed by atoms with van der Waals surface area (Å²) in [5, 5.41) is 19.3. The molecular weight excluding hydrogens is 176 g/mol. The first kappa shape index (κ1) is 8.87. The van der Waals surface area contributed by atoms with E-state index in [-0.39, 0.29) is 10.8 Å². The van der Waals surface area contributed by atoms with Gasteiger partial charge in [-0.1, -0.05) is 11.6 Å². The average molecular weight is 185 g/mol. The van der Waals surface area contributed by atoms with Crippen molar-refractivity contribution in [3.63, 3.8) is 0 Å². The second-order valence-corrected chi connectivity index (χ2v) is 2.64. The zero-order valence-corrected chi connectivity index (χ0v) is 7.31. The minimum absolute atomic E-state index is 0.0200. The Hall–Kier alpha value is -1.22. The second kappa shape index (κ2) is 3.45. The standard InChI is InChI=1S/C8H9ClN2O/c1-11-8-5(4-10)2-3-6(12)7(8)9/h2-4,10-12H,1H3. The number of aromatic hydroxyl groups is 1. The molecule has 4 heteroatoms. The highest BCUT2D eigenvalue weighted by Crippen LogP contribution is 2.32. The minimum atomic E-state index is 0.0200. The van der Waals surface area contributed by atoms with Gasteiger partial charge in [0.1, 0.15) is 10.8 Å². The number of rotatable bonds is 2. The smallest absolute Gasteiger partial charge is 0.136 e. The SMILES string of the molecule is CNc1c(C=N)ccc(O)c1Cl. The molecule has 1 rings (SSSR count). The van der Waals surface area contributed by atoms with Gasteiger partial charge in [0.15, 0.2) is 0 Å². The molecule has 0 aliphatic heterocycles. The van der Waals surface area contributed by atoms with E-state index in [1.165, 1.54) is 12.3 Å². The molecule has 0 spiro atoms. The van der Waals surface area contributed by atoms with Gasteiger partial charge in [0.2, 0.25) is 0 Å². The quantitative estimate of drug-likeness (QED) is 0.617. The van der Waals surface area contributed by atoms with E-state index < -0.39 is 0 Å². The van der Waals surface area contributed by atoms with Crippen LogP contribution in [0.5, 0.6) is 5.75 Å². The van der Waals surface area contributed by atoms with Crippen LogP contribution in [0.25, 0.3) is 0 Å². The van der Waals surface area contributed by atoms with Crippen molar-refractivity contribution in [2.45, 2.75) is 0 Å². The summed E-state index contributed by atoms with van der Waals surface area (Å²) in [4.78, 5) is 0. The molecule has 0 amide bonds. The van der Waals surface area contributed by atoms with E-state index in [9.17, 15) is 5.11 Å². The molecule has 64 valence electrons. The molecule has 0 saturated heterocycles. The summed E-state index contributed by atoms with van der Waals surface area (Å²) in [6, 6.07) is 3.09.